The smallest absolute Gasteiger partial charge is 0.261 e. The minimum Gasteiger partial charge on any atom is -0.311 e. The maximum atomic E-state index is 12.8. The lowest BCUT2D eigenvalue weighted by Gasteiger charge is -2.17. The first kappa shape index (κ1) is 15.0. The van der Waals surface area contributed by atoms with Crippen molar-refractivity contribution in [2.75, 3.05) is 11.9 Å². The molecule has 5 nitrogen and oxygen atoms in total. The average Bonchev–Trinajstić information content (AvgIpc) is 3.06. The van der Waals surface area contributed by atoms with Crippen molar-refractivity contribution in [3.05, 3.63) is 72.2 Å². The van der Waals surface area contributed by atoms with Gasteiger partial charge in [-0.25, -0.2) is 9.67 Å². The van der Waals surface area contributed by atoms with Gasteiger partial charge < -0.3 is 4.90 Å². The molecule has 116 valence electrons. The highest BCUT2D eigenvalue weighted by Gasteiger charge is 2.21. The Balaban J connectivity index is 1.98. The van der Waals surface area contributed by atoms with Crippen molar-refractivity contribution in [3.63, 3.8) is 0 Å². The van der Waals surface area contributed by atoms with Gasteiger partial charge in [-0.3, -0.25) is 4.79 Å². The molecule has 23 heavy (non-hydrogen) atoms. The summed E-state index contributed by atoms with van der Waals surface area (Å²) in [5.41, 5.74) is 2.31. The highest BCUT2D eigenvalue weighted by atomic mass is 16.2. The Labute approximate surface area is 135 Å². The van der Waals surface area contributed by atoms with Crippen LogP contribution in [0.25, 0.3) is 5.82 Å². The van der Waals surface area contributed by atoms with Crippen LogP contribution in [-0.2, 0) is 6.42 Å². The second kappa shape index (κ2) is 6.44. The normalized spacial score (nSPS) is 10.5. The van der Waals surface area contributed by atoms with E-state index in [0.717, 1.165) is 11.4 Å². The number of aromatic nitrogens is 3. The molecule has 0 bridgehead atoms. The van der Waals surface area contributed by atoms with Gasteiger partial charge in [-0.2, -0.15) is 5.10 Å². The minimum absolute atomic E-state index is 0.0739. The molecule has 2 heterocycles. The zero-order valence-electron chi connectivity index (χ0n) is 13.2. The van der Waals surface area contributed by atoms with Crippen LogP contribution in [0.15, 0.2) is 60.9 Å². The number of nitrogens with zero attached hydrogens (tertiary/aromatic N) is 4. The van der Waals surface area contributed by atoms with Gasteiger partial charge in [-0.15, -0.1) is 0 Å². The van der Waals surface area contributed by atoms with Gasteiger partial charge >= 0.3 is 0 Å². The fourth-order valence-electron chi connectivity index (χ4n) is 2.52. The monoisotopic (exact) mass is 306 g/mol. The van der Waals surface area contributed by atoms with E-state index in [-0.39, 0.29) is 5.91 Å². The summed E-state index contributed by atoms with van der Waals surface area (Å²) < 4.78 is 1.73. The number of pyridine rings is 1. The van der Waals surface area contributed by atoms with E-state index < -0.39 is 0 Å². The van der Waals surface area contributed by atoms with E-state index in [4.69, 9.17) is 0 Å². The van der Waals surface area contributed by atoms with Crippen LogP contribution in [0.1, 0.15) is 23.0 Å². The van der Waals surface area contributed by atoms with Gasteiger partial charge in [0.2, 0.25) is 0 Å². The Kier molecular flexibility index (Phi) is 4.19. The summed E-state index contributed by atoms with van der Waals surface area (Å²) in [7, 11) is 1.77. The zero-order valence-corrected chi connectivity index (χ0v) is 13.2. The number of benzene rings is 1. The van der Waals surface area contributed by atoms with E-state index in [2.05, 4.69) is 10.1 Å². The number of anilines is 1. The number of amides is 1. The van der Waals surface area contributed by atoms with Gasteiger partial charge in [0.05, 0.1) is 17.5 Å². The van der Waals surface area contributed by atoms with Crippen LogP contribution < -0.4 is 4.90 Å². The summed E-state index contributed by atoms with van der Waals surface area (Å²) in [5, 5.41) is 4.36. The number of hydrogen-bond acceptors (Lipinski definition) is 3. The average molecular weight is 306 g/mol. The van der Waals surface area contributed by atoms with Crippen LogP contribution in [0.4, 0.5) is 5.69 Å². The van der Waals surface area contributed by atoms with Crippen LogP contribution in [-0.4, -0.2) is 27.7 Å². The second-order valence-electron chi connectivity index (χ2n) is 5.16. The Morgan fingerprint density at radius 3 is 2.52 bits per heavy atom. The SMILES string of the molecule is CCc1c(C(=O)N(C)c2ccccc2)cnn1-c1ccccn1. The molecular formula is C18H18N4O. The molecule has 0 N–H and O–H groups in total. The molecule has 0 radical (unpaired) electrons. The van der Waals surface area contributed by atoms with Crippen LogP contribution in [0.5, 0.6) is 0 Å². The van der Waals surface area contributed by atoms with Crippen LogP contribution in [0.3, 0.4) is 0 Å². The summed E-state index contributed by atoms with van der Waals surface area (Å²) >= 11 is 0. The van der Waals surface area contributed by atoms with E-state index in [1.165, 1.54) is 0 Å². The van der Waals surface area contributed by atoms with Gasteiger partial charge in [0, 0.05) is 18.9 Å². The van der Waals surface area contributed by atoms with Crippen molar-refractivity contribution in [2.24, 2.45) is 0 Å². The molecule has 0 atom stereocenters. The maximum Gasteiger partial charge on any atom is 0.261 e. The molecule has 0 aliphatic carbocycles. The number of carbonyl (C=O) groups excluding carboxylic acids is 1. The molecule has 1 aromatic carbocycles. The lowest BCUT2D eigenvalue weighted by atomic mass is 10.1. The predicted octanol–water partition coefficient (Wildman–Crippen LogP) is 3.11. The van der Waals surface area contributed by atoms with Crippen molar-refractivity contribution < 1.29 is 4.79 Å². The molecule has 3 rings (SSSR count). The van der Waals surface area contributed by atoms with E-state index >= 15 is 0 Å². The molecule has 0 fully saturated rings. The summed E-state index contributed by atoms with van der Waals surface area (Å²) in [5.74, 6) is 0.640. The van der Waals surface area contributed by atoms with Crippen molar-refractivity contribution >= 4 is 11.6 Å². The molecule has 0 aliphatic rings. The molecule has 0 saturated heterocycles. The topological polar surface area (TPSA) is 51.0 Å². The molecule has 1 amide bonds. The Morgan fingerprint density at radius 2 is 1.87 bits per heavy atom. The summed E-state index contributed by atoms with van der Waals surface area (Å²) in [4.78, 5) is 18.8. The molecule has 2 aromatic heterocycles. The van der Waals surface area contributed by atoms with Gasteiger partial charge in [0.25, 0.3) is 5.91 Å². The standard InChI is InChI=1S/C18H18N4O/c1-3-16-15(13-20-22(16)17-11-7-8-12-19-17)18(23)21(2)14-9-5-4-6-10-14/h4-13H,3H2,1-2H3. The first-order valence-corrected chi connectivity index (χ1v) is 7.53. The van der Waals surface area contributed by atoms with Gasteiger partial charge in [0.15, 0.2) is 5.82 Å². The lowest BCUT2D eigenvalue weighted by Crippen LogP contribution is -2.27. The minimum atomic E-state index is -0.0739. The Hall–Kier alpha value is -2.95. The van der Waals surface area contributed by atoms with E-state index in [9.17, 15) is 4.79 Å². The quantitative estimate of drug-likeness (QED) is 0.744. The lowest BCUT2D eigenvalue weighted by molar-refractivity contribution is 0.0992. The fourth-order valence-corrected chi connectivity index (χ4v) is 2.52. The summed E-state index contributed by atoms with van der Waals surface area (Å²) in [6, 6.07) is 15.2. The summed E-state index contributed by atoms with van der Waals surface area (Å²) in [6.07, 6.45) is 4.03. The molecule has 0 spiro atoms. The summed E-state index contributed by atoms with van der Waals surface area (Å²) in [6.45, 7) is 2.01. The highest BCUT2D eigenvalue weighted by Crippen LogP contribution is 2.19. The van der Waals surface area contributed by atoms with Crippen molar-refractivity contribution in [2.45, 2.75) is 13.3 Å². The van der Waals surface area contributed by atoms with Crippen LogP contribution >= 0.6 is 0 Å². The van der Waals surface area contributed by atoms with Crippen molar-refractivity contribution in [1.29, 1.82) is 0 Å². The molecule has 0 aliphatic heterocycles. The molecule has 3 aromatic rings. The largest absolute Gasteiger partial charge is 0.311 e. The van der Waals surface area contributed by atoms with E-state index in [0.29, 0.717) is 17.8 Å². The molecule has 0 saturated carbocycles. The number of carbonyl (C=O) groups is 1. The third kappa shape index (κ3) is 2.85. The van der Waals surface area contributed by atoms with Crippen molar-refractivity contribution in [3.8, 4) is 5.82 Å². The first-order chi connectivity index (χ1) is 11.2. The van der Waals surface area contributed by atoms with Gasteiger partial charge in [-0.05, 0) is 30.7 Å². The van der Waals surface area contributed by atoms with Crippen LogP contribution in [0, 0.1) is 0 Å². The molecule has 5 heteroatoms. The number of hydrogen-bond donors (Lipinski definition) is 0. The van der Waals surface area contributed by atoms with Gasteiger partial charge in [-0.1, -0.05) is 31.2 Å². The Morgan fingerprint density at radius 1 is 1.13 bits per heavy atom. The molecular weight excluding hydrogens is 288 g/mol. The zero-order chi connectivity index (χ0) is 16.2. The van der Waals surface area contributed by atoms with Crippen molar-refractivity contribution in [1.82, 2.24) is 14.8 Å². The third-order valence-corrected chi connectivity index (χ3v) is 3.75. The van der Waals surface area contributed by atoms with Crippen LogP contribution in [0.2, 0.25) is 0 Å². The molecule has 0 unspecified atom stereocenters. The highest BCUT2D eigenvalue weighted by molar-refractivity contribution is 6.06. The second-order valence-corrected chi connectivity index (χ2v) is 5.16. The van der Waals surface area contributed by atoms with Gasteiger partial charge in [0.1, 0.15) is 0 Å². The third-order valence-electron chi connectivity index (χ3n) is 3.75. The number of rotatable bonds is 4. The van der Waals surface area contributed by atoms with E-state index in [1.54, 1.807) is 29.0 Å². The Bertz CT molecular complexity index is 796. The van der Waals surface area contributed by atoms with E-state index in [1.807, 2.05) is 55.5 Å². The first-order valence-electron chi connectivity index (χ1n) is 7.53. The number of para-hydroxylation sites is 1. The predicted molar refractivity (Wildman–Crippen MR) is 89.9 cm³/mol. The fraction of sp³-hybridized carbons (Fsp3) is 0.167. The maximum absolute atomic E-state index is 12.8.